The summed E-state index contributed by atoms with van der Waals surface area (Å²) in [7, 11) is 3.96. The van der Waals surface area contributed by atoms with E-state index in [1.807, 2.05) is 37.0 Å². The maximum Gasteiger partial charge on any atom is 0.0624 e. The molecule has 0 spiro atoms. The van der Waals surface area contributed by atoms with Gasteiger partial charge in [0.2, 0.25) is 0 Å². The largest absolute Gasteiger partial charge is 0.313 e. The van der Waals surface area contributed by atoms with E-state index in [1.165, 1.54) is 11.3 Å². The third-order valence-electron chi connectivity index (χ3n) is 3.48. The Bertz CT molecular complexity index is 595. The van der Waals surface area contributed by atoms with Crippen LogP contribution in [0, 0.1) is 0 Å². The summed E-state index contributed by atoms with van der Waals surface area (Å²) in [5.41, 5.74) is 3.51. The number of hydrogen-bond acceptors (Lipinski definition) is 2. The molecule has 0 amide bonds. The van der Waals surface area contributed by atoms with Crippen molar-refractivity contribution in [3.63, 3.8) is 0 Å². The van der Waals surface area contributed by atoms with Gasteiger partial charge in [0.25, 0.3) is 0 Å². The van der Waals surface area contributed by atoms with Crippen LogP contribution in [0.15, 0.2) is 28.7 Å². The smallest absolute Gasteiger partial charge is 0.0624 e. The molecule has 20 heavy (non-hydrogen) atoms. The summed E-state index contributed by atoms with van der Waals surface area (Å²) in [6.45, 7) is 2.12. The third kappa shape index (κ3) is 3.43. The van der Waals surface area contributed by atoms with Crippen molar-refractivity contribution in [3.05, 3.63) is 50.7 Å². The van der Waals surface area contributed by atoms with Gasteiger partial charge in [-0.3, -0.25) is 4.68 Å². The fourth-order valence-electron chi connectivity index (χ4n) is 2.29. The highest BCUT2D eigenvalue weighted by Crippen LogP contribution is 2.28. The van der Waals surface area contributed by atoms with Crippen molar-refractivity contribution < 1.29 is 0 Å². The van der Waals surface area contributed by atoms with Gasteiger partial charge in [-0.15, -0.1) is 0 Å². The fourth-order valence-corrected chi connectivity index (χ4v) is 3.00. The van der Waals surface area contributed by atoms with Gasteiger partial charge in [0.1, 0.15) is 0 Å². The minimum atomic E-state index is 0.197. The molecule has 108 valence electrons. The monoisotopic (exact) mass is 355 g/mol. The maximum atomic E-state index is 6.11. The summed E-state index contributed by atoms with van der Waals surface area (Å²) >= 11 is 9.71. The molecule has 2 rings (SSSR count). The van der Waals surface area contributed by atoms with Gasteiger partial charge in [0.05, 0.1) is 5.69 Å². The van der Waals surface area contributed by atoms with Crippen molar-refractivity contribution >= 4 is 27.5 Å². The summed E-state index contributed by atoms with van der Waals surface area (Å²) in [5, 5.41) is 8.61. The molecular formula is C15H19BrClN3. The predicted molar refractivity (Wildman–Crippen MR) is 87.2 cm³/mol. The van der Waals surface area contributed by atoms with Gasteiger partial charge in [-0.05, 0) is 43.3 Å². The minimum absolute atomic E-state index is 0.197. The molecule has 0 bridgehead atoms. The number of hydrogen-bond donors (Lipinski definition) is 1. The van der Waals surface area contributed by atoms with Crippen molar-refractivity contribution in [3.8, 4) is 0 Å². The molecule has 5 heteroatoms. The Morgan fingerprint density at radius 2 is 2.15 bits per heavy atom. The second-order valence-electron chi connectivity index (χ2n) is 4.82. The summed E-state index contributed by atoms with van der Waals surface area (Å²) in [5.74, 6) is 0. The Morgan fingerprint density at radius 3 is 2.75 bits per heavy atom. The molecule has 1 N–H and O–H groups in total. The van der Waals surface area contributed by atoms with Gasteiger partial charge in [-0.1, -0.05) is 34.5 Å². The van der Waals surface area contributed by atoms with Gasteiger partial charge >= 0.3 is 0 Å². The van der Waals surface area contributed by atoms with E-state index in [4.69, 9.17) is 11.6 Å². The van der Waals surface area contributed by atoms with Crippen molar-refractivity contribution in [2.75, 3.05) is 7.05 Å². The highest BCUT2D eigenvalue weighted by Gasteiger charge is 2.16. The molecule has 0 fully saturated rings. The molecule has 1 atom stereocenters. The van der Waals surface area contributed by atoms with Crippen LogP contribution >= 0.6 is 27.5 Å². The molecule has 1 aromatic carbocycles. The average molecular weight is 357 g/mol. The average Bonchev–Trinajstić information content (AvgIpc) is 2.79. The lowest BCUT2D eigenvalue weighted by molar-refractivity contribution is 0.559. The number of aromatic nitrogens is 2. The second-order valence-corrected chi connectivity index (χ2v) is 6.11. The van der Waals surface area contributed by atoms with Gasteiger partial charge in [0.15, 0.2) is 0 Å². The van der Waals surface area contributed by atoms with Crippen molar-refractivity contribution in [1.82, 2.24) is 15.1 Å². The lowest BCUT2D eigenvalue weighted by atomic mass is 10.0. The summed E-state index contributed by atoms with van der Waals surface area (Å²) in [6.07, 6.45) is 1.83. The van der Waals surface area contributed by atoms with Gasteiger partial charge in [-0.2, -0.15) is 5.10 Å². The van der Waals surface area contributed by atoms with Gasteiger partial charge < -0.3 is 5.32 Å². The van der Waals surface area contributed by atoms with Crippen LogP contribution in [0.25, 0.3) is 0 Å². The predicted octanol–water partition coefficient (Wildman–Crippen LogP) is 3.90. The molecule has 0 aliphatic rings. The zero-order valence-corrected chi connectivity index (χ0v) is 14.3. The van der Waals surface area contributed by atoms with Crippen molar-refractivity contribution in [2.45, 2.75) is 25.8 Å². The molecule has 0 radical (unpaired) electrons. The molecule has 0 aliphatic heterocycles. The van der Waals surface area contributed by atoms with Crippen molar-refractivity contribution in [1.29, 1.82) is 0 Å². The Hall–Kier alpha value is -0.840. The van der Waals surface area contributed by atoms with Crippen LogP contribution in [0.1, 0.15) is 29.9 Å². The molecular weight excluding hydrogens is 338 g/mol. The van der Waals surface area contributed by atoms with E-state index in [2.05, 4.69) is 39.3 Å². The minimum Gasteiger partial charge on any atom is -0.313 e. The first kappa shape index (κ1) is 15.5. The van der Waals surface area contributed by atoms with Crippen molar-refractivity contribution in [2.24, 2.45) is 7.05 Å². The van der Waals surface area contributed by atoms with E-state index < -0.39 is 0 Å². The number of aryl methyl sites for hydroxylation is 2. The maximum absolute atomic E-state index is 6.11. The normalized spacial score (nSPS) is 12.7. The number of benzene rings is 1. The lowest BCUT2D eigenvalue weighted by Gasteiger charge is -2.18. The lowest BCUT2D eigenvalue weighted by Crippen LogP contribution is -2.20. The molecule has 0 saturated carbocycles. The first-order valence-electron chi connectivity index (χ1n) is 6.69. The number of rotatable bonds is 5. The molecule has 2 aromatic rings. The zero-order valence-electron chi connectivity index (χ0n) is 12.0. The van der Waals surface area contributed by atoms with E-state index in [0.717, 1.165) is 28.0 Å². The first-order chi connectivity index (χ1) is 9.55. The molecule has 1 unspecified atom stereocenters. The molecule has 1 heterocycles. The van der Waals surface area contributed by atoms with Crippen LogP contribution in [-0.4, -0.2) is 16.8 Å². The van der Waals surface area contributed by atoms with E-state index >= 15 is 0 Å². The SMILES string of the molecule is CCc1cc(CC(NC)c2cc(Cl)ccc2Br)n(C)n1. The number of halogens is 2. The molecule has 3 nitrogen and oxygen atoms in total. The number of nitrogens with zero attached hydrogens (tertiary/aromatic N) is 2. The third-order valence-corrected chi connectivity index (χ3v) is 4.44. The Kier molecular flexibility index (Phi) is 5.24. The summed E-state index contributed by atoms with van der Waals surface area (Å²) < 4.78 is 3.03. The van der Waals surface area contributed by atoms with Crippen LogP contribution in [0.4, 0.5) is 0 Å². The summed E-state index contributed by atoms with van der Waals surface area (Å²) in [6, 6.07) is 8.25. The standard InChI is InChI=1S/C15H19BrClN3/c1-4-11-8-12(20(3)19-11)9-15(18-2)13-7-10(17)5-6-14(13)16/h5-8,15,18H,4,9H2,1-3H3. The quantitative estimate of drug-likeness (QED) is 0.880. The van der Waals surface area contributed by atoms with E-state index in [1.54, 1.807) is 0 Å². The highest BCUT2D eigenvalue weighted by molar-refractivity contribution is 9.10. The topological polar surface area (TPSA) is 29.9 Å². The highest BCUT2D eigenvalue weighted by atomic mass is 79.9. The number of likely N-dealkylation sites (N-methyl/N-ethyl adjacent to an activating group) is 1. The Labute approximate surface area is 133 Å². The van der Waals surface area contributed by atoms with Crippen LogP contribution < -0.4 is 5.32 Å². The van der Waals surface area contributed by atoms with Crippen LogP contribution in [0.5, 0.6) is 0 Å². The Balaban J connectivity index is 2.28. The number of nitrogens with one attached hydrogen (secondary N) is 1. The Morgan fingerprint density at radius 1 is 1.40 bits per heavy atom. The fraction of sp³-hybridized carbons (Fsp3) is 0.400. The first-order valence-corrected chi connectivity index (χ1v) is 7.86. The zero-order chi connectivity index (χ0) is 14.7. The molecule has 0 aliphatic carbocycles. The molecule has 0 saturated heterocycles. The van der Waals surface area contributed by atoms with Crippen LogP contribution in [0.3, 0.4) is 0 Å². The second kappa shape index (κ2) is 6.74. The van der Waals surface area contributed by atoms with Gasteiger partial charge in [-0.25, -0.2) is 0 Å². The van der Waals surface area contributed by atoms with Gasteiger partial charge in [0, 0.05) is 34.7 Å². The molecule has 1 aromatic heterocycles. The van der Waals surface area contributed by atoms with Crippen LogP contribution in [-0.2, 0) is 19.9 Å². The summed E-state index contributed by atoms with van der Waals surface area (Å²) in [4.78, 5) is 0. The van der Waals surface area contributed by atoms with E-state index in [0.29, 0.717) is 0 Å². The van der Waals surface area contributed by atoms with Crippen LogP contribution in [0.2, 0.25) is 5.02 Å². The van der Waals surface area contributed by atoms with E-state index in [-0.39, 0.29) is 6.04 Å². The van der Waals surface area contributed by atoms with E-state index in [9.17, 15) is 0 Å².